The minimum absolute atomic E-state index is 0.0222. The molecular weight excluding hydrogens is 564 g/mol. The Kier molecular flexibility index (Phi) is 6.00. The number of ether oxygens (including phenoxy) is 1. The second kappa shape index (κ2) is 9.60. The summed E-state index contributed by atoms with van der Waals surface area (Å²) in [5.41, 5.74) is 6.48. The molecule has 0 aromatic heterocycles. The summed E-state index contributed by atoms with van der Waals surface area (Å²) in [6, 6.07) is 27.7. The number of halogens is 1. The van der Waals surface area contributed by atoms with E-state index in [-0.39, 0.29) is 23.1 Å². The van der Waals surface area contributed by atoms with Gasteiger partial charge in [-0.25, -0.2) is 4.99 Å². The molecule has 1 heterocycles. The molecule has 4 nitrogen and oxygen atoms in total. The van der Waals surface area contributed by atoms with E-state index in [4.69, 9.17) is 22.6 Å². The third kappa shape index (κ3) is 4.13. The molecule has 1 unspecified atom stereocenters. The first-order valence-corrected chi connectivity index (χ1v) is 16.7. The number of hydrogen-bond donors (Lipinski definition) is 1. The number of rotatable bonds is 4. The molecule has 0 saturated heterocycles. The summed E-state index contributed by atoms with van der Waals surface area (Å²) < 4.78 is 32.3. The molecule has 1 fully saturated rings. The van der Waals surface area contributed by atoms with Crippen LogP contribution in [0.1, 0.15) is 60.8 Å². The molecule has 1 aliphatic heterocycles. The van der Waals surface area contributed by atoms with Gasteiger partial charge in [0.2, 0.25) is 0 Å². The van der Waals surface area contributed by atoms with Crippen molar-refractivity contribution in [2.24, 2.45) is 22.1 Å². The molecule has 204 valence electrons. The van der Waals surface area contributed by atoms with Gasteiger partial charge in [0.25, 0.3) is 14.3 Å². The fraction of sp³-hybridized carbons (Fsp3) is 0.424. The highest BCUT2D eigenvalue weighted by molar-refractivity contribution is 9.10. The van der Waals surface area contributed by atoms with Crippen molar-refractivity contribution in [1.82, 2.24) is 0 Å². The van der Waals surface area contributed by atoms with Crippen LogP contribution in [0, 0.1) is 11.3 Å². The van der Waals surface area contributed by atoms with Crippen LogP contribution < -0.4 is 16.1 Å². The molecule has 0 radical (unpaired) electrons. The normalized spacial score (nSPS) is 30.4. The van der Waals surface area contributed by atoms with Crippen molar-refractivity contribution in [2.45, 2.75) is 70.1 Å². The van der Waals surface area contributed by atoms with E-state index in [9.17, 15) is 0 Å². The fourth-order valence-electron chi connectivity index (χ4n) is 7.63. The molecule has 6 heteroatoms. The Morgan fingerprint density at radius 2 is 1.69 bits per heavy atom. The topological polar surface area (TPSA) is 56.8 Å². The molecule has 4 atom stereocenters. The standard InChI is InChI=1S/C33H39BrN2O2Si/c1-23-20-32(21-24-15-16-25(34)19-28(24)33(32)22-37-30(35)36-33)18-17-29(23)38-39(31(2,3)4,26-11-7-5-8-12-26)27-13-9-6-10-14-27/h5-16,19,23,29H,17-18,20-22H2,1-4H3,(H2,35,36)/t23-,29-,32-,33?/m1/s1/i22D2. The summed E-state index contributed by atoms with van der Waals surface area (Å²) in [5, 5.41) is 2.44. The van der Waals surface area contributed by atoms with Gasteiger partial charge in [-0.05, 0) is 70.3 Å². The number of benzene rings is 3. The molecule has 1 saturated carbocycles. The summed E-state index contributed by atoms with van der Waals surface area (Å²) in [4.78, 5) is 4.84. The predicted octanol–water partition coefficient (Wildman–Crippen LogP) is 6.30. The molecule has 3 aromatic carbocycles. The third-order valence-corrected chi connectivity index (χ3v) is 14.9. The highest BCUT2D eigenvalue weighted by atomic mass is 79.9. The lowest BCUT2D eigenvalue weighted by atomic mass is 9.59. The molecule has 3 aliphatic rings. The first-order chi connectivity index (χ1) is 19.4. The lowest BCUT2D eigenvalue weighted by Crippen LogP contribution is -2.68. The maximum atomic E-state index is 9.10. The van der Waals surface area contributed by atoms with Crippen molar-refractivity contribution in [3.63, 3.8) is 0 Å². The Balaban J connectivity index is 1.42. The maximum Gasteiger partial charge on any atom is 0.283 e. The van der Waals surface area contributed by atoms with E-state index in [1.165, 1.54) is 10.4 Å². The van der Waals surface area contributed by atoms with Crippen LogP contribution in [0.2, 0.25) is 5.04 Å². The van der Waals surface area contributed by atoms with Crippen molar-refractivity contribution in [3.8, 4) is 0 Å². The molecule has 39 heavy (non-hydrogen) atoms. The molecule has 2 spiro atoms. The zero-order valence-electron chi connectivity index (χ0n) is 25.2. The zero-order chi connectivity index (χ0) is 29.3. The van der Waals surface area contributed by atoms with Gasteiger partial charge in [0.05, 0.1) is 2.74 Å². The van der Waals surface area contributed by atoms with Gasteiger partial charge in [-0.2, -0.15) is 0 Å². The summed E-state index contributed by atoms with van der Waals surface area (Å²) in [6.07, 6.45) is 3.11. The lowest BCUT2D eigenvalue weighted by molar-refractivity contribution is -0.0187. The van der Waals surface area contributed by atoms with Gasteiger partial charge >= 0.3 is 0 Å². The van der Waals surface area contributed by atoms with Crippen LogP contribution in [0.5, 0.6) is 0 Å². The van der Waals surface area contributed by atoms with E-state index >= 15 is 0 Å². The lowest BCUT2D eigenvalue weighted by Gasteiger charge is -2.52. The van der Waals surface area contributed by atoms with Crippen LogP contribution in [0.3, 0.4) is 0 Å². The van der Waals surface area contributed by atoms with Gasteiger partial charge in [0, 0.05) is 16.0 Å². The second-order valence-electron chi connectivity index (χ2n) is 12.7. The first kappa shape index (κ1) is 24.4. The molecule has 2 N–H and O–H groups in total. The summed E-state index contributed by atoms with van der Waals surface area (Å²) >= 11 is 3.62. The van der Waals surface area contributed by atoms with E-state index in [1.54, 1.807) is 0 Å². The van der Waals surface area contributed by atoms with E-state index < -0.39 is 25.8 Å². The minimum atomic E-state index is -2.73. The molecular formula is C33H39BrN2O2Si. The molecule has 2 aliphatic carbocycles. The number of fused-ring (bicyclic) bond motifs is 3. The number of hydrogen-bond acceptors (Lipinski definition) is 4. The average molecular weight is 606 g/mol. The minimum Gasteiger partial charge on any atom is -0.462 e. The zero-order valence-corrected chi connectivity index (χ0v) is 25.8. The van der Waals surface area contributed by atoms with Crippen LogP contribution in [0.15, 0.2) is 88.3 Å². The smallest absolute Gasteiger partial charge is 0.283 e. The third-order valence-electron chi connectivity index (χ3n) is 9.34. The number of nitrogens with two attached hydrogens (primary N) is 1. The van der Waals surface area contributed by atoms with Crippen molar-refractivity contribution >= 4 is 40.6 Å². The van der Waals surface area contributed by atoms with Gasteiger partial charge in [-0.1, -0.05) is 110 Å². The second-order valence-corrected chi connectivity index (χ2v) is 17.8. The first-order valence-electron chi connectivity index (χ1n) is 15.0. The summed E-state index contributed by atoms with van der Waals surface area (Å²) in [7, 11) is -2.73. The van der Waals surface area contributed by atoms with Crippen LogP contribution >= 0.6 is 15.9 Å². The number of amidine groups is 1. The van der Waals surface area contributed by atoms with Crippen molar-refractivity contribution in [1.29, 1.82) is 0 Å². The highest BCUT2D eigenvalue weighted by Gasteiger charge is 2.63. The van der Waals surface area contributed by atoms with Crippen LogP contribution in [0.25, 0.3) is 0 Å². The SMILES string of the molecule is [2H]C1([2H])OC(N)=NC12c1cc(Br)ccc1C[C@]21CC[C@@H](O[Si](c2ccccc2)(c2ccccc2)C(C)(C)C)[C@H](C)C1. The van der Waals surface area contributed by atoms with Crippen LogP contribution in [-0.4, -0.2) is 27.0 Å². The molecule has 0 bridgehead atoms. The molecule has 6 rings (SSSR count). The average Bonchev–Trinajstić information content (AvgIpc) is 3.33. The molecule has 3 aromatic rings. The summed E-state index contributed by atoms with van der Waals surface area (Å²) in [5.74, 6) is 0.174. The Morgan fingerprint density at radius 3 is 2.23 bits per heavy atom. The van der Waals surface area contributed by atoms with Crippen molar-refractivity contribution in [2.75, 3.05) is 6.56 Å². The van der Waals surface area contributed by atoms with E-state index in [2.05, 4.69) is 110 Å². The van der Waals surface area contributed by atoms with Gasteiger partial charge in [-0.3, -0.25) is 0 Å². The van der Waals surface area contributed by atoms with Gasteiger partial charge in [0.15, 0.2) is 0 Å². The van der Waals surface area contributed by atoms with Crippen molar-refractivity contribution < 1.29 is 11.9 Å². The monoisotopic (exact) mass is 604 g/mol. The Morgan fingerprint density at radius 1 is 1.05 bits per heavy atom. The maximum absolute atomic E-state index is 9.10. The van der Waals surface area contributed by atoms with E-state index in [0.717, 1.165) is 41.3 Å². The van der Waals surface area contributed by atoms with Crippen molar-refractivity contribution in [3.05, 3.63) is 94.5 Å². The summed E-state index contributed by atoms with van der Waals surface area (Å²) in [6.45, 7) is 7.17. The fourth-order valence-corrected chi connectivity index (χ4v) is 12.8. The Hall–Kier alpha value is -2.41. The van der Waals surface area contributed by atoms with Gasteiger partial charge < -0.3 is 14.9 Å². The van der Waals surface area contributed by atoms with Gasteiger partial charge in [0.1, 0.15) is 12.1 Å². The highest BCUT2D eigenvalue weighted by Crippen LogP contribution is 2.62. The Labute approximate surface area is 245 Å². The quantitative estimate of drug-likeness (QED) is 0.356. The van der Waals surface area contributed by atoms with E-state index in [0.29, 0.717) is 0 Å². The molecule has 0 amide bonds. The van der Waals surface area contributed by atoms with E-state index in [1.807, 2.05) is 12.1 Å². The van der Waals surface area contributed by atoms with Crippen LogP contribution in [-0.2, 0) is 21.1 Å². The predicted molar refractivity (Wildman–Crippen MR) is 165 cm³/mol. The van der Waals surface area contributed by atoms with Crippen LogP contribution in [0.4, 0.5) is 0 Å². The Bertz CT molecular complexity index is 1440. The number of aliphatic imine (C=N–C) groups is 1. The van der Waals surface area contributed by atoms with Gasteiger partial charge in [-0.15, -0.1) is 0 Å². The number of nitrogens with zero attached hydrogens (tertiary/aromatic N) is 1. The largest absolute Gasteiger partial charge is 0.462 e.